The number of carbonyl (C=O) groups excluding carboxylic acids is 1. The predicted molar refractivity (Wildman–Crippen MR) is 75.6 cm³/mol. The number of fused-ring (bicyclic) bond motifs is 1. The fraction of sp³-hybridized carbons (Fsp3) is 0.235. The quantitative estimate of drug-likeness (QED) is 0.770. The van der Waals surface area contributed by atoms with Gasteiger partial charge >= 0.3 is 0 Å². The molecule has 0 atom stereocenters. The lowest BCUT2D eigenvalue weighted by Crippen LogP contribution is -2.24. The Balaban J connectivity index is 2.03. The zero-order valence-corrected chi connectivity index (χ0v) is 11.4. The van der Waals surface area contributed by atoms with Crippen molar-refractivity contribution in [1.82, 2.24) is 0 Å². The first-order valence-electron chi connectivity index (χ1n) is 6.55. The second-order valence-corrected chi connectivity index (χ2v) is 5.72. The van der Waals surface area contributed by atoms with Crippen molar-refractivity contribution in [3.8, 4) is 16.9 Å². The molecule has 2 nitrogen and oxygen atoms in total. The van der Waals surface area contributed by atoms with Crippen molar-refractivity contribution in [2.45, 2.75) is 25.9 Å². The average Bonchev–Trinajstić information content (AvgIpc) is 2.72. The molecule has 2 aromatic carbocycles. The summed E-state index contributed by atoms with van der Waals surface area (Å²) in [6.45, 7) is 4.10. The zero-order chi connectivity index (χ0) is 14.3. The van der Waals surface area contributed by atoms with Gasteiger partial charge < -0.3 is 4.74 Å². The van der Waals surface area contributed by atoms with E-state index in [-0.39, 0.29) is 11.2 Å². The fourth-order valence-electron chi connectivity index (χ4n) is 2.60. The molecule has 1 aliphatic heterocycles. The number of hydrogen-bond donors (Lipinski definition) is 0. The van der Waals surface area contributed by atoms with Crippen molar-refractivity contribution in [3.63, 3.8) is 0 Å². The molecule has 0 unspecified atom stereocenters. The Labute approximate surface area is 117 Å². The number of halogens is 1. The van der Waals surface area contributed by atoms with Gasteiger partial charge in [0.1, 0.15) is 17.2 Å². The summed E-state index contributed by atoms with van der Waals surface area (Å²) in [6, 6.07) is 10.5. The van der Waals surface area contributed by atoms with E-state index in [1.54, 1.807) is 12.1 Å². The third kappa shape index (κ3) is 2.20. The summed E-state index contributed by atoms with van der Waals surface area (Å²) in [7, 11) is 0. The molecule has 102 valence electrons. The van der Waals surface area contributed by atoms with Crippen molar-refractivity contribution in [1.29, 1.82) is 0 Å². The average molecular weight is 270 g/mol. The molecule has 0 bridgehead atoms. The van der Waals surface area contributed by atoms with E-state index in [4.69, 9.17) is 4.74 Å². The van der Waals surface area contributed by atoms with Crippen molar-refractivity contribution >= 4 is 6.29 Å². The number of ether oxygens (including phenoxy) is 1. The minimum atomic E-state index is -0.491. The molecule has 3 heteroatoms. The van der Waals surface area contributed by atoms with Gasteiger partial charge in [0.15, 0.2) is 6.29 Å². The number of hydrogen-bond acceptors (Lipinski definition) is 2. The molecule has 2 aromatic rings. The summed E-state index contributed by atoms with van der Waals surface area (Å²) in [6.07, 6.45) is 1.39. The van der Waals surface area contributed by atoms with Gasteiger partial charge in [-0.1, -0.05) is 12.1 Å². The van der Waals surface area contributed by atoms with Crippen LogP contribution < -0.4 is 4.74 Å². The van der Waals surface area contributed by atoms with Crippen LogP contribution in [0.5, 0.6) is 5.75 Å². The first-order chi connectivity index (χ1) is 9.48. The molecule has 0 amide bonds. The van der Waals surface area contributed by atoms with Gasteiger partial charge in [0.05, 0.1) is 5.56 Å². The van der Waals surface area contributed by atoms with E-state index in [1.165, 1.54) is 6.07 Å². The van der Waals surface area contributed by atoms with E-state index >= 15 is 0 Å². The molecule has 20 heavy (non-hydrogen) atoms. The van der Waals surface area contributed by atoms with Crippen LogP contribution in [0.4, 0.5) is 4.39 Å². The smallest absolute Gasteiger partial charge is 0.153 e. The van der Waals surface area contributed by atoms with Crippen LogP contribution in [0.25, 0.3) is 11.1 Å². The van der Waals surface area contributed by atoms with Crippen LogP contribution in [0.3, 0.4) is 0 Å². The van der Waals surface area contributed by atoms with E-state index in [2.05, 4.69) is 13.8 Å². The number of aldehydes is 1. The fourth-order valence-corrected chi connectivity index (χ4v) is 2.60. The van der Waals surface area contributed by atoms with E-state index in [0.29, 0.717) is 6.29 Å². The van der Waals surface area contributed by atoms with Crippen molar-refractivity contribution < 1.29 is 13.9 Å². The van der Waals surface area contributed by atoms with Gasteiger partial charge in [-0.3, -0.25) is 4.79 Å². The summed E-state index contributed by atoms with van der Waals surface area (Å²) in [4.78, 5) is 10.8. The number of carbonyl (C=O) groups is 1. The van der Waals surface area contributed by atoms with Crippen LogP contribution in [0, 0.1) is 5.82 Å². The molecule has 0 radical (unpaired) electrons. The van der Waals surface area contributed by atoms with Gasteiger partial charge in [-0.15, -0.1) is 0 Å². The van der Waals surface area contributed by atoms with E-state index in [0.717, 1.165) is 28.9 Å². The molecule has 3 rings (SSSR count). The molecule has 0 saturated carbocycles. The third-order valence-electron chi connectivity index (χ3n) is 3.52. The Morgan fingerprint density at radius 3 is 2.60 bits per heavy atom. The second kappa shape index (κ2) is 4.44. The molecule has 0 N–H and O–H groups in total. The summed E-state index contributed by atoms with van der Waals surface area (Å²) < 4.78 is 19.2. The zero-order valence-electron chi connectivity index (χ0n) is 11.4. The number of rotatable bonds is 2. The summed E-state index contributed by atoms with van der Waals surface area (Å²) in [5.41, 5.74) is 2.84. The Hall–Kier alpha value is -2.16. The molecule has 1 heterocycles. The van der Waals surface area contributed by atoms with Crippen LogP contribution in [0.1, 0.15) is 29.8 Å². The van der Waals surface area contributed by atoms with E-state index in [9.17, 15) is 9.18 Å². The Kier molecular flexibility index (Phi) is 2.85. The Morgan fingerprint density at radius 1 is 1.15 bits per heavy atom. The molecule has 0 saturated heterocycles. The lowest BCUT2D eigenvalue weighted by Gasteiger charge is -2.16. The maximum Gasteiger partial charge on any atom is 0.153 e. The lowest BCUT2D eigenvalue weighted by molar-refractivity contribution is 0.111. The normalized spacial score (nSPS) is 15.6. The highest BCUT2D eigenvalue weighted by molar-refractivity contribution is 5.79. The highest BCUT2D eigenvalue weighted by Crippen LogP contribution is 2.37. The molecular formula is C17H15FO2. The van der Waals surface area contributed by atoms with Gasteiger partial charge in [0.2, 0.25) is 0 Å². The van der Waals surface area contributed by atoms with E-state index < -0.39 is 5.82 Å². The van der Waals surface area contributed by atoms with Crippen LogP contribution in [-0.4, -0.2) is 11.9 Å². The van der Waals surface area contributed by atoms with Gasteiger partial charge in [-0.25, -0.2) is 4.39 Å². The molecular weight excluding hydrogens is 255 g/mol. The molecule has 0 spiro atoms. The minimum absolute atomic E-state index is 0.0829. The summed E-state index contributed by atoms with van der Waals surface area (Å²) in [5, 5.41) is 0. The topological polar surface area (TPSA) is 26.3 Å². The van der Waals surface area contributed by atoms with Gasteiger partial charge in [-0.2, -0.15) is 0 Å². The highest BCUT2D eigenvalue weighted by Gasteiger charge is 2.29. The Bertz CT molecular complexity index is 689. The van der Waals surface area contributed by atoms with Crippen LogP contribution in [0.2, 0.25) is 0 Å². The van der Waals surface area contributed by atoms with E-state index in [1.807, 2.05) is 18.2 Å². The van der Waals surface area contributed by atoms with Crippen LogP contribution in [-0.2, 0) is 6.42 Å². The van der Waals surface area contributed by atoms with Crippen molar-refractivity contribution in [2.75, 3.05) is 0 Å². The maximum atomic E-state index is 13.4. The summed E-state index contributed by atoms with van der Waals surface area (Å²) in [5.74, 6) is 0.408. The maximum absolute atomic E-state index is 13.4. The first kappa shape index (κ1) is 12.9. The third-order valence-corrected chi connectivity index (χ3v) is 3.52. The monoisotopic (exact) mass is 270 g/mol. The molecule has 0 fully saturated rings. The molecule has 0 aromatic heterocycles. The SMILES string of the molecule is CC1(C)Cc2cc(-c3ccc(F)c(C=O)c3)ccc2O1. The summed E-state index contributed by atoms with van der Waals surface area (Å²) >= 11 is 0. The predicted octanol–water partition coefficient (Wildman–Crippen LogP) is 4.02. The van der Waals surface area contributed by atoms with Gasteiger partial charge in [0, 0.05) is 6.42 Å². The Morgan fingerprint density at radius 2 is 1.85 bits per heavy atom. The highest BCUT2D eigenvalue weighted by atomic mass is 19.1. The van der Waals surface area contributed by atoms with Gasteiger partial charge in [0.25, 0.3) is 0 Å². The number of benzene rings is 2. The standard InChI is InChI=1S/C17H15FO2/c1-17(2)9-13-7-12(4-6-16(13)20-17)11-3-5-15(18)14(8-11)10-19/h3-8,10H,9H2,1-2H3. The van der Waals surface area contributed by atoms with Crippen molar-refractivity contribution in [2.24, 2.45) is 0 Å². The molecule has 1 aliphatic rings. The van der Waals surface area contributed by atoms with Gasteiger partial charge in [-0.05, 0) is 54.8 Å². The minimum Gasteiger partial charge on any atom is -0.487 e. The molecule has 0 aliphatic carbocycles. The largest absolute Gasteiger partial charge is 0.487 e. The van der Waals surface area contributed by atoms with Crippen LogP contribution >= 0.6 is 0 Å². The first-order valence-corrected chi connectivity index (χ1v) is 6.55. The second-order valence-electron chi connectivity index (χ2n) is 5.72. The lowest BCUT2D eigenvalue weighted by atomic mass is 9.97. The van der Waals surface area contributed by atoms with Crippen molar-refractivity contribution in [3.05, 3.63) is 53.3 Å². The van der Waals surface area contributed by atoms with Crippen LogP contribution in [0.15, 0.2) is 36.4 Å².